The molecule has 8 nitrogen and oxygen atoms in total. The van der Waals surface area contributed by atoms with E-state index in [2.05, 4.69) is 29.5 Å². The summed E-state index contributed by atoms with van der Waals surface area (Å²) in [4.78, 5) is 43.1. The number of pyridine rings is 1. The van der Waals surface area contributed by atoms with Crippen LogP contribution in [0.25, 0.3) is 0 Å². The Morgan fingerprint density at radius 1 is 1.25 bits per heavy atom. The summed E-state index contributed by atoms with van der Waals surface area (Å²) in [7, 11) is 0. The van der Waals surface area contributed by atoms with Crippen molar-refractivity contribution in [1.29, 1.82) is 0 Å². The number of ketones is 1. The Bertz CT molecular complexity index is 882. The molecule has 1 aromatic heterocycles. The van der Waals surface area contributed by atoms with Gasteiger partial charge in [0, 0.05) is 26.2 Å². The van der Waals surface area contributed by atoms with E-state index in [1.807, 2.05) is 0 Å². The summed E-state index contributed by atoms with van der Waals surface area (Å²) in [5, 5.41) is 12.0. The van der Waals surface area contributed by atoms with Crippen LogP contribution in [0.5, 0.6) is 0 Å². The number of carbonyl (C=O) groups excluding carboxylic acids is 3. The van der Waals surface area contributed by atoms with Crippen molar-refractivity contribution < 1.29 is 19.8 Å². The average Bonchev–Trinajstić information content (AvgIpc) is 3.25. The number of aromatic nitrogens is 1. The SMILES string of the molecule is CC(=O)C(=[NH2+])c1ccncc1NCC(=O)N1CCC[C@H]1C(=O)NCC1CCCC(C)(C)C1. The molecule has 1 saturated carbocycles. The average molecular weight is 443 g/mol. The Hall–Kier alpha value is -2.77. The van der Waals surface area contributed by atoms with Gasteiger partial charge in [-0.2, -0.15) is 0 Å². The monoisotopic (exact) mass is 442 g/mol. The highest BCUT2D eigenvalue weighted by Gasteiger charge is 2.35. The zero-order chi connectivity index (χ0) is 23.3. The molecule has 0 radical (unpaired) electrons. The molecule has 1 unspecified atom stereocenters. The highest BCUT2D eigenvalue weighted by Crippen LogP contribution is 2.38. The molecule has 32 heavy (non-hydrogen) atoms. The Balaban J connectivity index is 1.55. The summed E-state index contributed by atoms with van der Waals surface area (Å²) in [6.45, 7) is 7.23. The molecule has 2 amide bonds. The minimum Gasteiger partial charge on any atom is -0.374 e. The number of carbonyl (C=O) groups is 3. The first kappa shape index (κ1) is 23.9. The molecule has 2 atom stereocenters. The number of anilines is 1. The van der Waals surface area contributed by atoms with Crippen LogP contribution in [-0.4, -0.2) is 58.9 Å². The van der Waals surface area contributed by atoms with Gasteiger partial charge >= 0.3 is 0 Å². The van der Waals surface area contributed by atoms with E-state index in [0.29, 0.717) is 42.1 Å². The van der Waals surface area contributed by atoms with Gasteiger partial charge in [-0.05, 0) is 49.5 Å². The van der Waals surface area contributed by atoms with E-state index in [-0.39, 0.29) is 29.9 Å². The van der Waals surface area contributed by atoms with Crippen LogP contribution in [0.2, 0.25) is 0 Å². The first-order valence-electron chi connectivity index (χ1n) is 11.6. The van der Waals surface area contributed by atoms with Crippen LogP contribution in [0, 0.1) is 11.3 Å². The smallest absolute Gasteiger partial charge is 0.249 e. The first-order valence-corrected chi connectivity index (χ1v) is 11.6. The number of amides is 2. The fourth-order valence-electron chi connectivity index (χ4n) is 4.96. The summed E-state index contributed by atoms with van der Waals surface area (Å²) in [5.74, 6) is 0.0400. The van der Waals surface area contributed by atoms with Crippen LogP contribution in [0.4, 0.5) is 5.69 Å². The first-order chi connectivity index (χ1) is 15.2. The largest absolute Gasteiger partial charge is 0.374 e. The lowest BCUT2D eigenvalue weighted by atomic mass is 9.72. The van der Waals surface area contributed by atoms with Crippen molar-refractivity contribution in [2.45, 2.75) is 65.3 Å². The van der Waals surface area contributed by atoms with Crippen LogP contribution >= 0.6 is 0 Å². The molecule has 2 fully saturated rings. The molecule has 1 aliphatic carbocycles. The second kappa shape index (κ2) is 10.2. The molecule has 4 N–H and O–H groups in total. The van der Waals surface area contributed by atoms with E-state index >= 15 is 0 Å². The molecule has 2 aliphatic rings. The quantitative estimate of drug-likeness (QED) is 0.519. The van der Waals surface area contributed by atoms with Gasteiger partial charge in [0.1, 0.15) is 6.04 Å². The van der Waals surface area contributed by atoms with Gasteiger partial charge in [0.2, 0.25) is 23.3 Å². The molecule has 1 aromatic rings. The molecular weight excluding hydrogens is 406 g/mol. The molecular formula is C24H36N5O3+. The number of likely N-dealkylation sites (tertiary alicyclic amines) is 1. The lowest BCUT2D eigenvalue weighted by Gasteiger charge is -2.35. The van der Waals surface area contributed by atoms with E-state index in [0.717, 1.165) is 19.3 Å². The Kier molecular flexibility index (Phi) is 7.64. The number of rotatable bonds is 8. The van der Waals surface area contributed by atoms with E-state index in [1.165, 1.54) is 26.0 Å². The third kappa shape index (κ3) is 5.93. The van der Waals surface area contributed by atoms with Gasteiger partial charge in [0.15, 0.2) is 0 Å². The van der Waals surface area contributed by atoms with Crippen molar-refractivity contribution in [3.63, 3.8) is 0 Å². The van der Waals surface area contributed by atoms with Crippen molar-refractivity contribution in [3.8, 4) is 0 Å². The number of nitrogens with two attached hydrogens (primary N) is 1. The van der Waals surface area contributed by atoms with Gasteiger partial charge in [0.05, 0.1) is 24.0 Å². The van der Waals surface area contributed by atoms with E-state index < -0.39 is 6.04 Å². The van der Waals surface area contributed by atoms with E-state index in [4.69, 9.17) is 5.41 Å². The molecule has 1 saturated heterocycles. The summed E-state index contributed by atoms with van der Waals surface area (Å²) in [5.41, 5.74) is 1.50. The van der Waals surface area contributed by atoms with Crippen LogP contribution in [0.15, 0.2) is 18.5 Å². The minimum absolute atomic E-state index is 0.00444. The topological polar surface area (TPSA) is 117 Å². The lowest BCUT2D eigenvalue weighted by Crippen LogP contribution is -2.49. The van der Waals surface area contributed by atoms with Crippen LogP contribution < -0.4 is 16.0 Å². The van der Waals surface area contributed by atoms with Crippen LogP contribution in [-0.2, 0) is 14.4 Å². The maximum absolute atomic E-state index is 12.9. The Morgan fingerprint density at radius 3 is 2.75 bits per heavy atom. The number of Topliss-reactive ketones (excluding diaryl/α,β-unsaturated/α-hetero) is 1. The number of nitrogens with zero attached hydrogens (tertiary/aromatic N) is 2. The minimum atomic E-state index is -0.428. The number of hydrogen-bond donors (Lipinski definition) is 3. The van der Waals surface area contributed by atoms with Gasteiger partial charge in [-0.15, -0.1) is 0 Å². The lowest BCUT2D eigenvalue weighted by molar-refractivity contribution is -0.137. The van der Waals surface area contributed by atoms with E-state index in [9.17, 15) is 14.4 Å². The van der Waals surface area contributed by atoms with E-state index in [1.54, 1.807) is 17.2 Å². The molecule has 3 rings (SSSR count). The second-order valence-electron chi connectivity index (χ2n) is 9.86. The third-order valence-corrected chi connectivity index (χ3v) is 6.67. The van der Waals surface area contributed by atoms with Gasteiger partial charge in [-0.3, -0.25) is 24.8 Å². The predicted octanol–water partition coefficient (Wildman–Crippen LogP) is 0.954. The molecule has 174 valence electrons. The van der Waals surface area contributed by atoms with Crippen molar-refractivity contribution in [2.75, 3.05) is 25.0 Å². The van der Waals surface area contributed by atoms with Crippen molar-refractivity contribution in [2.24, 2.45) is 11.3 Å². The molecule has 2 heterocycles. The number of nitrogens with one attached hydrogen (secondary N) is 2. The van der Waals surface area contributed by atoms with Crippen molar-refractivity contribution in [1.82, 2.24) is 15.2 Å². The van der Waals surface area contributed by atoms with Gasteiger partial charge in [-0.25, -0.2) is 0 Å². The normalized spacial score (nSPS) is 22.3. The third-order valence-electron chi connectivity index (χ3n) is 6.67. The van der Waals surface area contributed by atoms with Gasteiger partial charge < -0.3 is 15.5 Å². The Labute approximate surface area is 190 Å². The summed E-state index contributed by atoms with van der Waals surface area (Å²) >= 11 is 0. The highest BCUT2D eigenvalue weighted by molar-refractivity contribution is 6.43. The van der Waals surface area contributed by atoms with Gasteiger partial charge in [-0.1, -0.05) is 20.3 Å². The molecule has 1 aliphatic heterocycles. The number of hydrogen-bond acceptors (Lipinski definition) is 5. The zero-order valence-electron chi connectivity index (χ0n) is 19.4. The summed E-state index contributed by atoms with van der Waals surface area (Å²) in [6, 6.07) is 1.21. The van der Waals surface area contributed by atoms with Gasteiger partial charge in [0.25, 0.3) is 0 Å². The van der Waals surface area contributed by atoms with Crippen molar-refractivity contribution >= 4 is 29.0 Å². The van der Waals surface area contributed by atoms with Crippen LogP contribution in [0.3, 0.4) is 0 Å². The highest BCUT2D eigenvalue weighted by atomic mass is 16.2. The molecule has 0 bridgehead atoms. The molecule has 8 heteroatoms. The fraction of sp³-hybridized carbons (Fsp3) is 0.625. The molecule has 0 aromatic carbocycles. The molecule has 0 spiro atoms. The maximum Gasteiger partial charge on any atom is 0.249 e. The summed E-state index contributed by atoms with van der Waals surface area (Å²) < 4.78 is 0. The zero-order valence-corrected chi connectivity index (χ0v) is 19.4. The maximum atomic E-state index is 12.9. The van der Waals surface area contributed by atoms with Crippen LogP contribution in [0.1, 0.15) is 64.9 Å². The predicted molar refractivity (Wildman–Crippen MR) is 123 cm³/mol. The Morgan fingerprint density at radius 2 is 2.03 bits per heavy atom. The second-order valence-corrected chi connectivity index (χ2v) is 9.86. The van der Waals surface area contributed by atoms with Crippen molar-refractivity contribution in [3.05, 3.63) is 24.0 Å². The summed E-state index contributed by atoms with van der Waals surface area (Å²) in [6.07, 6.45) is 9.29. The fourth-order valence-corrected chi connectivity index (χ4v) is 4.96. The standard InChI is InChI=1S/C24H35N5O3/c1-16(30)22(25)18-8-10-26-14-19(18)27-15-21(31)29-11-5-7-20(29)23(32)28-13-17-6-4-9-24(2,3)12-17/h8,10,14,17,20,25,27H,4-7,9,11-13,15H2,1-3H3,(H,28,32)/p+1/t17?,20-/m0/s1.